The molecule has 0 heteroatoms. The Bertz CT molecular complexity index is 4220. The van der Waals surface area contributed by atoms with E-state index in [1.165, 1.54) is 152 Å². The number of hydrogen-bond acceptors (Lipinski definition) is 0. The van der Waals surface area contributed by atoms with Crippen molar-refractivity contribution in [3.8, 4) is 44.5 Å². The molecule has 0 nitrogen and oxygen atoms in total. The Hall–Kier alpha value is -7.80. The molecule has 0 radical (unpaired) electrons. The molecule has 0 aliphatic heterocycles. The van der Waals surface area contributed by atoms with Gasteiger partial charge >= 0.3 is 0 Å². The van der Waals surface area contributed by atoms with Gasteiger partial charge in [0, 0.05) is 0 Å². The lowest BCUT2D eigenvalue weighted by Crippen LogP contribution is -1.97. The monoisotopic (exact) mass is 752 g/mol. The molecule has 15 rings (SSSR count). The molecular weight excluding hydrogens is 721 g/mol. The largest absolute Gasteiger partial charge is 0.0616 e. The highest BCUT2D eigenvalue weighted by Crippen LogP contribution is 2.61. The normalized spacial score (nSPS) is 12.7. The van der Waals surface area contributed by atoms with Gasteiger partial charge in [-0.2, -0.15) is 0 Å². The second kappa shape index (κ2) is 11.0. The topological polar surface area (TPSA) is 0 Å². The SMILES string of the molecule is c1ccc2cc3c(-c4cc5cccc6ccc7cccc4c7c65)c4c(c(-c5cc6cccc7ccc8cccc5c8c76)c3cc2c1)-c1cccc2c1c-4cc1ccccc12. The average Bonchev–Trinajstić information content (AvgIpc) is 3.62. The lowest BCUT2D eigenvalue weighted by Gasteiger charge is -2.24. The summed E-state index contributed by atoms with van der Waals surface area (Å²) in [4.78, 5) is 0. The number of rotatable bonds is 2. The Kier molecular flexibility index (Phi) is 5.74. The maximum Gasteiger partial charge on any atom is -0.000696 e. The van der Waals surface area contributed by atoms with Crippen LogP contribution in [0.2, 0.25) is 0 Å². The predicted molar refractivity (Wildman–Crippen MR) is 259 cm³/mol. The standard InChI is InChI=1S/C60H32/c1-2-11-38-29-50-49(28-37(38)10-1)57(47-31-40-17-5-13-33-24-26-35-15-7-20-44(47)54(35)52(33)40)59-46-23-9-22-43-42-19-4-3-12-39(42)30-51(56(43)46)60(59)58(50)48-32-41-18-6-14-34-25-27-36-16-8-21-45(48)55(36)53(34)41/h1-32H. The summed E-state index contributed by atoms with van der Waals surface area (Å²) in [6, 6.07) is 74.1. The zero-order valence-corrected chi connectivity index (χ0v) is 32.5. The van der Waals surface area contributed by atoms with Crippen LogP contribution in [0.25, 0.3) is 152 Å². The third kappa shape index (κ3) is 3.83. The fourth-order valence-electron chi connectivity index (χ4n) is 11.8. The smallest absolute Gasteiger partial charge is 0.000696 e. The molecule has 14 aromatic rings. The molecule has 0 saturated carbocycles. The minimum absolute atomic E-state index is 1.25. The molecule has 0 saturated heterocycles. The molecule has 60 heavy (non-hydrogen) atoms. The Labute approximate surface area is 344 Å². The van der Waals surface area contributed by atoms with Gasteiger partial charge in [0.1, 0.15) is 0 Å². The van der Waals surface area contributed by atoms with Crippen molar-refractivity contribution >= 4 is 108 Å². The molecule has 0 fully saturated rings. The minimum Gasteiger partial charge on any atom is -0.0616 e. The zero-order valence-electron chi connectivity index (χ0n) is 32.5. The highest BCUT2D eigenvalue weighted by molar-refractivity contribution is 6.36. The van der Waals surface area contributed by atoms with Crippen LogP contribution in [0.3, 0.4) is 0 Å². The van der Waals surface area contributed by atoms with Gasteiger partial charge in [0.2, 0.25) is 0 Å². The van der Waals surface area contributed by atoms with E-state index in [1.807, 2.05) is 0 Å². The van der Waals surface area contributed by atoms with E-state index in [9.17, 15) is 0 Å². The van der Waals surface area contributed by atoms with Crippen molar-refractivity contribution in [2.75, 3.05) is 0 Å². The summed E-state index contributed by atoms with van der Waals surface area (Å²) in [5.41, 5.74) is 10.5. The Morgan fingerprint density at radius 3 is 1.15 bits per heavy atom. The fraction of sp³-hybridized carbons (Fsp3) is 0. The molecule has 0 spiro atoms. The van der Waals surface area contributed by atoms with Crippen molar-refractivity contribution in [1.82, 2.24) is 0 Å². The summed E-state index contributed by atoms with van der Waals surface area (Å²) in [6.45, 7) is 0. The lowest BCUT2D eigenvalue weighted by molar-refractivity contribution is 1.68. The highest BCUT2D eigenvalue weighted by Gasteiger charge is 2.33. The molecule has 1 aliphatic carbocycles. The molecule has 0 atom stereocenters. The molecule has 0 bridgehead atoms. The van der Waals surface area contributed by atoms with Crippen molar-refractivity contribution in [2.45, 2.75) is 0 Å². The summed E-state index contributed by atoms with van der Waals surface area (Å²) in [7, 11) is 0. The number of hydrogen-bond donors (Lipinski definition) is 0. The first-order chi connectivity index (χ1) is 29.8. The van der Waals surface area contributed by atoms with Gasteiger partial charge in [0.05, 0.1) is 0 Å². The Balaban J connectivity index is 1.24. The summed E-state index contributed by atoms with van der Waals surface area (Å²) >= 11 is 0. The molecule has 0 aromatic heterocycles. The molecule has 0 N–H and O–H groups in total. The van der Waals surface area contributed by atoms with Crippen molar-refractivity contribution in [2.24, 2.45) is 0 Å². The summed E-state index contributed by atoms with van der Waals surface area (Å²) < 4.78 is 0. The van der Waals surface area contributed by atoms with Crippen LogP contribution in [0, 0.1) is 0 Å². The quantitative estimate of drug-likeness (QED) is 0.122. The molecule has 272 valence electrons. The van der Waals surface area contributed by atoms with Crippen LogP contribution < -0.4 is 0 Å². The maximum absolute atomic E-state index is 2.51. The van der Waals surface area contributed by atoms with Crippen LogP contribution in [0.15, 0.2) is 194 Å². The van der Waals surface area contributed by atoms with Gasteiger partial charge in [-0.3, -0.25) is 0 Å². The van der Waals surface area contributed by atoms with Crippen LogP contribution in [0.4, 0.5) is 0 Å². The molecular formula is C60H32. The third-order valence-corrected chi connectivity index (χ3v) is 14.2. The van der Waals surface area contributed by atoms with Crippen LogP contribution in [-0.2, 0) is 0 Å². The van der Waals surface area contributed by atoms with E-state index in [4.69, 9.17) is 0 Å². The van der Waals surface area contributed by atoms with Gasteiger partial charge in [-0.1, -0.05) is 164 Å². The average molecular weight is 753 g/mol. The molecule has 1 aliphatic rings. The maximum atomic E-state index is 2.51. The fourth-order valence-corrected chi connectivity index (χ4v) is 11.8. The van der Waals surface area contributed by atoms with E-state index in [1.54, 1.807) is 0 Å². The third-order valence-electron chi connectivity index (χ3n) is 14.2. The number of fused-ring (bicyclic) bond motifs is 7. The van der Waals surface area contributed by atoms with Crippen molar-refractivity contribution in [3.63, 3.8) is 0 Å². The highest BCUT2D eigenvalue weighted by atomic mass is 14.4. The Morgan fingerprint density at radius 1 is 0.167 bits per heavy atom. The van der Waals surface area contributed by atoms with Gasteiger partial charge in [-0.15, -0.1) is 0 Å². The van der Waals surface area contributed by atoms with Crippen LogP contribution in [0.1, 0.15) is 0 Å². The zero-order chi connectivity index (χ0) is 38.8. The second-order valence-corrected chi connectivity index (χ2v) is 17.1. The van der Waals surface area contributed by atoms with E-state index < -0.39 is 0 Å². The first kappa shape index (κ1) is 31.2. The van der Waals surface area contributed by atoms with Gasteiger partial charge < -0.3 is 0 Å². The van der Waals surface area contributed by atoms with E-state index in [0.717, 1.165) is 0 Å². The molecule has 0 amide bonds. The van der Waals surface area contributed by atoms with Crippen molar-refractivity contribution in [1.29, 1.82) is 0 Å². The molecule has 14 aromatic carbocycles. The molecule has 0 unspecified atom stereocenters. The van der Waals surface area contributed by atoms with Crippen LogP contribution >= 0.6 is 0 Å². The predicted octanol–water partition coefficient (Wildman–Crippen LogP) is 17.1. The Morgan fingerprint density at radius 2 is 0.567 bits per heavy atom. The van der Waals surface area contributed by atoms with E-state index in [2.05, 4.69) is 194 Å². The lowest BCUT2D eigenvalue weighted by atomic mass is 9.78. The second-order valence-electron chi connectivity index (χ2n) is 17.1. The van der Waals surface area contributed by atoms with Gasteiger partial charge in [-0.25, -0.2) is 0 Å². The van der Waals surface area contributed by atoms with E-state index in [0.29, 0.717) is 0 Å². The summed E-state index contributed by atoms with van der Waals surface area (Å²) in [6.07, 6.45) is 0. The summed E-state index contributed by atoms with van der Waals surface area (Å²) in [5.74, 6) is 0. The van der Waals surface area contributed by atoms with Gasteiger partial charge in [0.25, 0.3) is 0 Å². The van der Waals surface area contributed by atoms with Crippen molar-refractivity contribution in [3.05, 3.63) is 194 Å². The van der Waals surface area contributed by atoms with Crippen LogP contribution in [-0.4, -0.2) is 0 Å². The summed E-state index contributed by atoms with van der Waals surface area (Å²) in [5, 5.41) is 26.0. The number of benzene rings is 14. The van der Waals surface area contributed by atoms with Gasteiger partial charge in [-0.05, 0) is 183 Å². The van der Waals surface area contributed by atoms with Crippen LogP contribution in [0.5, 0.6) is 0 Å². The van der Waals surface area contributed by atoms with E-state index >= 15 is 0 Å². The first-order valence-electron chi connectivity index (χ1n) is 21.1. The van der Waals surface area contributed by atoms with Gasteiger partial charge in [0.15, 0.2) is 0 Å². The first-order valence-corrected chi connectivity index (χ1v) is 21.1. The van der Waals surface area contributed by atoms with Crippen molar-refractivity contribution < 1.29 is 0 Å². The van der Waals surface area contributed by atoms with E-state index in [-0.39, 0.29) is 0 Å². The molecule has 0 heterocycles. The minimum atomic E-state index is 1.25.